The molecule has 0 aromatic carbocycles. The van der Waals surface area contributed by atoms with Crippen molar-refractivity contribution in [1.29, 1.82) is 0 Å². The van der Waals surface area contributed by atoms with E-state index in [9.17, 15) is 4.79 Å². The predicted molar refractivity (Wildman–Crippen MR) is 89.9 cm³/mol. The Kier molecular flexibility index (Phi) is 5.03. The lowest BCUT2D eigenvalue weighted by atomic mass is 9.97. The highest BCUT2D eigenvalue weighted by Gasteiger charge is 2.18. The van der Waals surface area contributed by atoms with Crippen LogP contribution in [0.5, 0.6) is 5.88 Å². The Morgan fingerprint density at radius 1 is 1.52 bits per heavy atom. The maximum Gasteiger partial charge on any atom is 0.413 e. The van der Waals surface area contributed by atoms with Gasteiger partial charge in [-0.05, 0) is 54.8 Å². The summed E-state index contributed by atoms with van der Waals surface area (Å²) in [7, 11) is 2.11. The quantitative estimate of drug-likeness (QED) is 0.799. The number of carbonyl (C=O) groups is 1. The van der Waals surface area contributed by atoms with Crippen LogP contribution in [0.2, 0.25) is 5.15 Å². The fourth-order valence-corrected chi connectivity index (χ4v) is 3.10. The van der Waals surface area contributed by atoms with Crippen LogP contribution in [0.25, 0.3) is 5.65 Å². The third kappa shape index (κ3) is 3.94. The summed E-state index contributed by atoms with van der Waals surface area (Å²) in [6.07, 6.45) is 3.21. The first-order chi connectivity index (χ1) is 11.0. The molecule has 9 heteroatoms. The van der Waals surface area contributed by atoms with Crippen LogP contribution in [0.3, 0.4) is 0 Å². The highest BCUT2D eigenvalue weighted by atomic mass is 79.9. The standard InChI is InChI=1S/C14H17BrClN5O2/c1-20-4-2-9(3-5-20)7-17-14(22)23-12-6-11(16)19-13-10(15)8-18-21(12)13/h6,8-9H,2-5,7H2,1H3,(H,17,22). The maximum absolute atomic E-state index is 12.0. The lowest BCUT2D eigenvalue weighted by Crippen LogP contribution is -2.38. The van der Waals surface area contributed by atoms with Crippen LogP contribution in [0, 0.1) is 5.92 Å². The first-order valence-electron chi connectivity index (χ1n) is 7.37. The minimum absolute atomic E-state index is 0.228. The Hall–Kier alpha value is -1.38. The fraction of sp³-hybridized carbons (Fsp3) is 0.500. The molecule has 0 aliphatic carbocycles. The van der Waals surface area contributed by atoms with Gasteiger partial charge in [0, 0.05) is 12.6 Å². The molecule has 3 rings (SSSR count). The van der Waals surface area contributed by atoms with Gasteiger partial charge in [0.2, 0.25) is 5.88 Å². The molecule has 23 heavy (non-hydrogen) atoms. The molecular formula is C14H17BrClN5O2. The molecule has 0 bridgehead atoms. The van der Waals surface area contributed by atoms with Gasteiger partial charge in [-0.1, -0.05) is 11.6 Å². The Bertz CT molecular complexity index is 715. The Morgan fingerprint density at radius 3 is 3.00 bits per heavy atom. The minimum Gasteiger partial charge on any atom is -0.391 e. The number of nitrogens with one attached hydrogen (secondary N) is 1. The molecule has 1 aliphatic rings. The fourth-order valence-electron chi connectivity index (χ4n) is 2.58. The number of halogens is 2. The van der Waals surface area contributed by atoms with Crippen LogP contribution in [0.4, 0.5) is 4.79 Å². The number of amides is 1. The van der Waals surface area contributed by atoms with Gasteiger partial charge in [0.05, 0.1) is 10.7 Å². The van der Waals surface area contributed by atoms with Crippen LogP contribution < -0.4 is 10.1 Å². The summed E-state index contributed by atoms with van der Waals surface area (Å²) < 4.78 is 7.43. The Balaban J connectivity index is 1.62. The van der Waals surface area contributed by atoms with E-state index in [0.717, 1.165) is 25.9 Å². The van der Waals surface area contributed by atoms with E-state index < -0.39 is 6.09 Å². The summed E-state index contributed by atoms with van der Waals surface area (Å²) in [5, 5.41) is 7.15. The van der Waals surface area contributed by atoms with Crippen molar-refractivity contribution < 1.29 is 9.53 Å². The number of hydrogen-bond donors (Lipinski definition) is 1. The van der Waals surface area contributed by atoms with E-state index in [2.05, 4.69) is 43.3 Å². The smallest absolute Gasteiger partial charge is 0.391 e. The number of piperidine rings is 1. The van der Waals surface area contributed by atoms with Crippen molar-refractivity contribution in [2.24, 2.45) is 5.92 Å². The van der Waals surface area contributed by atoms with Gasteiger partial charge in [-0.25, -0.2) is 9.78 Å². The number of carbonyl (C=O) groups excluding carboxylic acids is 1. The zero-order valence-corrected chi connectivity index (χ0v) is 15.0. The number of fused-ring (bicyclic) bond motifs is 1. The van der Waals surface area contributed by atoms with Crippen molar-refractivity contribution >= 4 is 39.3 Å². The minimum atomic E-state index is -0.515. The van der Waals surface area contributed by atoms with E-state index >= 15 is 0 Å². The molecule has 124 valence electrons. The monoisotopic (exact) mass is 401 g/mol. The number of hydrogen-bond acceptors (Lipinski definition) is 5. The largest absolute Gasteiger partial charge is 0.413 e. The molecule has 7 nitrogen and oxygen atoms in total. The average molecular weight is 403 g/mol. The lowest BCUT2D eigenvalue weighted by molar-refractivity contribution is 0.185. The molecule has 0 radical (unpaired) electrons. The molecule has 1 aliphatic heterocycles. The van der Waals surface area contributed by atoms with Crippen LogP contribution in [-0.2, 0) is 0 Å². The molecule has 0 atom stereocenters. The van der Waals surface area contributed by atoms with Gasteiger partial charge in [-0.15, -0.1) is 0 Å². The van der Waals surface area contributed by atoms with Crippen LogP contribution in [0.1, 0.15) is 12.8 Å². The summed E-state index contributed by atoms with van der Waals surface area (Å²) in [5.41, 5.74) is 0.496. The van der Waals surface area contributed by atoms with Gasteiger partial charge >= 0.3 is 6.09 Å². The van der Waals surface area contributed by atoms with Gasteiger partial charge in [0.25, 0.3) is 0 Å². The van der Waals surface area contributed by atoms with Crippen LogP contribution >= 0.6 is 27.5 Å². The van der Waals surface area contributed by atoms with Crippen molar-refractivity contribution in [3.63, 3.8) is 0 Å². The summed E-state index contributed by atoms with van der Waals surface area (Å²) in [5.74, 6) is 0.713. The van der Waals surface area contributed by atoms with E-state index in [4.69, 9.17) is 16.3 Å². The zero-order valence-electron chi connectivity index (χ0n) is 12.6. The zero-order chi connectivity index (χ0) is 16.4. The van der Waals surface area contributed by atoms with E-state index in [-0.39, 0.29) is 11.0 Å². The molecule has 0 unspecified atom stereocenters. The van der Waals surface area contributed by atoms with Crippen LogP contribution in [-0.4, -0.2) is 52.3 Å². The van der Waals surface area contributed by atoms with E-state index in [1.807, 2.05) is 0 Å². The van der Waals surface area contributed by atoms with Crippen LogP contribution in [0.15, 0.2) is 16.7 Å². The molecule has 1 fully saturated rings. The van der Waals surface area contributed by atoms with E-state index in [1.54, 1.807) is 6.20 Å². The summed E-state index contributed by atoms with van der Waals surface area (Å²) in [6, 6.07) is 1.46. The number of nitrogens with zero attached hydrogens (tertiary/aromatic N) is 4. The second-order valence-corrected chi connectivity index (χ2v) is 6.90. The summed E-state index contributed by atoms with van der Waals surface area (Å²) in [4.78, 5) is 18.4. The molecule has 1 N–H and O–H groups in total. The predicted octanol–water partition coefficient (Wildman–Crippen LogP) is 2.58. The van der Waals surface area contributed by atoms with Crippen molar-refractivity contribution in [1.82, 2.24) is 24.8 Å². The van der Waals surface area contributed by atoms with Gasteiger partial charge < -0.3 is 15.0 Å². The van der Waals surface area contributed by atoms with Crippen molar-refractivity contribution in [2.45, 2.75) is 12.8 Å². The SMILES string of the molecule is CN1CCC(CNC(=O)Oc2cc(Cl)nc3c(Br)cnn23)CC1. The molecule has 0 spiro atoms. The highest BCUT2D eigenvalue weighted by Crippen LogP contribution is 2.23. The number of likely N-dealkylation sites (tertiary alicyclic amines) is 1. The number of ether oxygens (including phenoxy) is 1. The normalized spacial score (nSPS) is 16.7. The molecule has 3 heterocycles. The highest BCUT2D eigenvalue weighted by molar-refractivity contribution is 9.10. The van der Waals surface area contributed by atoms with Gasteiger partial charge in [-0.3, -0.25) is 0 Å². The third-order valence-corrected chi connectivity index (χ3v) is 4.69. The summed E-state index contributed by atoms with van der Waals surface area (Å²) >= 11 is 9.28. The molecule has 2 aromatic rings. The second kappa shape index (κ2) is 7.02. The van der Waals surface area contributed by atoms with Crippen molar-refractivity contribution in [3.8, 4) is 5.88 Å². The topological polar surface area (TPSA) is 71.8 Å². The second-order valence-electron chi connectivity index (χ2n) is 5.66. The van der Waals surface area contributed by atoms with Gasteiger partial charge in [-0.2, -0.15) is 9.61 Å². The van der Waals surface area contributed by atoms with Gasteiger partial charge in [0.1, 0.15) is 5.15 Å². The first kappa shape index (κ1) is 16.5. The Morgan fingerprint density at radius 2 is 2.26 bits per heavy atom. The van der Waals surface area contributed by atoms with Crippen molar-refractivity contribution in [2.75, 3.05) is 26.7 Å². The molecule has 1 amide bonds. The Labute approximate surface area is 147 Å². The molecule has 1 saturated heterocycles. The number of aromatic nitrogens is 3. The van der Waals surface area contributed by atoms with E-state index in [0.29, 0.717) is 22.6 Å². The van der Waals surface area contributed by atoms with Gasteiger partial charge in [0.15, 0.2) is 5.65 Å². The van der Waals surface area contributed by atoms with Crippen molar-refractivity contribution in [3.05, 3.63) is 21.9 Å². The van der Waals surface area contributed by atoms with E-state index in [1.165, 1.54) is 10.6 Å². The molecule has 2 aromatic heterocycles. The first-order valence-corrected chi connectivity index (χ1v) is 8.54. The lowest BCUT2D eigenvalue weighted by Gasteiger charge is -2.28. The molecular weight excluding hydrogens is 386 g/mol. The number of rotatable bonds is 3. The maximum atomic E-state index is 12.0. The summed E-state index contributed by atoms with van der Waals surface area (Å²) in [6.45, 7) is 2.73. The third-order valence-electron chi connectivity index (χ3n) is 3.94. The average Bonchev–Trinajstić information content (AvgIpc) is 2.88. The molecule has 0 saturated carbocycles.